The number of piperidine rings is 1. The lowest BCUT2D eigenvalue weighted by Gasteiger charge is -2.44. The molecule has 1 saturated heterocycles. The van der Waals surface area contributed by atoms with Gasteiger partial charge in [0.15, 0.2) is 0 Å². The second-order valence-electron chi connectivity index (χ2n) is 8.72. The van der Waals surface area contributed by atoms with Gasteiger partial charge in [-0.3, -0.25) is 19.5 Å². The number of amides is 2. The largest absolute Gasteiger partial charge is 0.337 e. The first-order valence-corrected chi connectivity index (χ1v) is 11.3. The molecule has 1 aromatic heterocycles. The van der Waals surface area contributed by atoms with Gasteiger partial charge < -0.3 is 9.80 Å². The molecular formula is C25H32N4O2. The van der Waals surface area contributed by atoms with Crippen LogP contribution in [-0.4, -0.2) is 51.8 Å². The molecule has 2 aliphatic heterocycles. The van der Waals surface area contributed by atoms with Gasteiger partial charge in [-0.05, 0) is 43.0 Å². The summed E-state index contributed by atoms with van der Waals surface area (Å²) in [6.45, 7) is 5.96. The summed E-state index contributed by atoms with van der Waals surface area (Å²) < 4.78 is 0. The lowest BCUT2D eigenvalue weighted by Crippen LogP contribution is -2.52. The highest BCUT2D eigenvalue weighted by atomic mass is 16.2. The lowest BCUT2D eigenvalue weighted by atomic mass is 9.92. The first kappa shape index (κ1) is 21.5. The van der Waals surface area contributed by atoms with Gasteiger partial charge in [0.1, 0.15) is 0 Å². The minimum atomic E-state index is 0.0460. The molecular weight excluding hydrogens is 388 g/mol. The Bertz CT molecular complexity index is 917. The molecule has 1 fully saturated rings. The van der Waals surface area contributed by atoms with Gasteiger partial charge in [0.05, 0.1) is 5.69 Å². The topological polar surface area (TPSA) is 56.8 Å². The second kappa shape index (κ2) is 9.60. The van der Waals surface area contributed by atoms with E-state index in [1.54, 1.807) is 13.8 Å². The number of carbonyl (C=O) groups excluding carboxylic acids is 2. The molecule has 2 aliphatic rings. The Hall–Kier alpha value is -2.73. The van der Waals surface area contributed by atoms with Crippen LogP contribution < -0.4 is 4.90 Å². The molecule has 164 valence electrons. The highest BCUT2D eigenvalue weighted by Gasteiger charge is 2.34. The van der Waals surface area contributed by atoms with Crippen LogP contribution in [0, 0.1) is 0 Å². The molecule has 31 heavy (non-hydrogen) atoms. The molecule has 2 unspecified atom stereocenters. The van der Waals surface area contributed by atoms with Crippen LogP contribution in [-0.2, 0) is 22.7 Å². The van der Waals surface area contributed by atoms with Crippen molar-refractivity contribution in [2.75, 3.05) is 18.0 Å². The summed E-state index contributed by atoms with van der Waals surface area (Å²) in [5, 5.41) is 0. The third-order valence-corrected chi connectivity index (χ3v) is 6.67. The maximum Gasteiger partial charge on any atom is 0.223 e. The second-order valence-corrected chi connectivity index (χ2v) is 8.72. The number of para-hydroxylation sites is 1. The van der Waals surface area contributed by atoms with Crippen molar-refractivity contribution in [1.82, 2.24) is 14.8 Å². The average Bonchev–Trinajstić information content (AvgIpc) is 2.77. The van der Waals surface area contributed by atoms with Gasteiger partial charge in [-0.1, -0.05) is 30.7 Å². The van der Waals surface area contributed by atoms with E-state index in [0.29, 0.717) is 31.7 Å². The number of fused-ring (bicyclic) bond motifs is 3. The van der Waals surface area contributed by atoms with Crippen LogP contribution in [0.3, 0.4) is 0 Å². The Labute approximate surface area is 184 Å². The van der Waals surface area contributed by atoms with E-state index in [1.807, 2.05) is 52.4 Å². The molecule has 2 bridgehead atoms. The minimum Gasteiger partial charge on any atom is -0.337 e. The Morgan fingerprint density at radius 1 is 0.968 bits per heavy atom. The van der Waals surface area contributed by atoms with Crippen LogP contribution in [0.1, 0.15) is 50.8 Å². The number of rotatable bonds is 2. The number of anilines is 1. The summed E-state index contributed by atoms with van der Waals surface area (Å²) in [5.41, 5.74) is 3.00. The fraction of sp³-hybridized carbons (Fsp3) is 0.480. The number of hydrogen-bond acceptors (Lipinski definition) is 4. The van der Waals surface area contributed by atoms with E-state index in [1.165, 1.54) is 0 Å². The smallest absolute Gasteiger partial charge is 0.223 e. The average molecular weight is 421 g/mol. The molecule has 0 N–H and O–H groups in total. The summed E-state index contributed by atoms with van der Waals surface area (Å²) in [6, 6.07) is 14.7. The summed E-state index contributed by atoms with van der Waals surface area (Å²) >= 11 is 0. The van der Waals surface area contributed by atoms with Crippen molar-refractivity contribution in [3.05, 3.63) is 59.9 Å². The number of nitrogens with zero attached hydrogens (tertiary/aromatic N) is 4. The van der Waals surface area contributed by atoms with Crippen LogP contribution in [0.4, 0.5) is 5.69 Å². The first-order valence-electron chi connectivity index (χ1n) is 11.3. The molecule has 0 saturated carbocycles. The number of benzene rings is 1. The van der Waals surface area contributed by atoms with E-state index in [4.69, 9.17) is 0 Å². The Morgan fingerprint density at radius 2 is 1.74 bits per heavy atom. The van der Waals surface area contributed by atoms with E-state index < -0.39 is 0 Å². The molecule has 2 aromatic rings. The van der Waals surface area contributed by atoms with Crippen molar-refractivity contribution in [3.8, 4) is 0 Å². The van der Waals surface area contributed by atoms with Gasteiger partial charge in [0, 0.05) is 64.0 Å². The summed E-state index contributed by atoms with van der Waals surface area (Å²) in [6.07, 6.45) is 6.08. The SMILES string of the molecule is CC(=O)N1Cc2ccccc2N(C(C)=O)CCC2CCCC(C1)N2Cc1ccccn1. The zero-order chi connectivity index (χ0) is 21.8. The summed E-state index contributed by atoms with van der Waals surface area (Å²) in [4.78, 5) is 36.1. The monoisotopic (exact) mass is 420 g/mol. The predicted molar refractivity (Wildman–Crippen MR) is 121 cm³/mol. The van der Waals surface area contributed by atoms with Gasteiger partial charge >= 0.3 is 0 Å². The van der Waals surface area contributed by atoms with Gasteiger partial charge in [-0.15, -0.1) is 0 Å². The van der Waals surface area contributed by atoms with Crippen molar-refractivity contribution in [2.45, 2.75) is 64.7 Å². The summed E-state index contributed by atoms with van der Waals surface area (Å²) in [7, 11) is 0. The minimum absolute atomic E-state index is 0.0460. The van der Waals surface area contributed by atoms with Gasteiger partial charge in [-0.25, -0.2) is 0 Å². The van der Waals surface area contributed by atoms with Crippen LogP contribution >= 0.6 is 0 Å². The van der Waals surface area contributed by atoms with Crippen molar-refractivity contribution < 1.29 is 9.59 Å². The Balaban J connectivity index is 1.71. The van der Waals surface area contributed by atoms with E-state index in [-0.39, 0.29) is 11.8 Å². The lowest BCUT2D eigenvalue weighted by molar-refractivity contribution is -0.131. The molecule has 1 aromatic carbocycles. The molecule has 2 atom stereocenters. The standard InChI is InChI=1S/C25H32N4O2/c1-19(30)27-16-21-8-3-4-12-25(21)28(20(2)31)15-13-23-10-7-11-24(18-27)29(23)17-22-9-5-6-14-26-22/h3-6,8-9,12,14,23-24H,7,10-11,13,15-18H2,1-2H3. The highest BCUT2D eigenvalue weighted by molar-refractivity contribution is 5.92. The zero-order valence-electron chi connectivity index (χ0n) is 18.5. The third kappa shape index (κ3) is 4.96. The fourth-order valence-corrected chi connectivity index (χ4v) is 5.06. The van der Waals surface area contributed by atoms with Gasteiger partial charge in [0.25, 0.3) is 0 Å². The van der Waals surface area contributed by atoms with Crippen LogP contribution in [0.5, 0.6) is 0 Å². The van der Waals surface area contributed by atoms with Gasteiger partial charge in [0.2, 0.25) is 11.8 Å². The third-order valence-electron chi connectivity index (χ3n) is 6.67. The number of hydrogen-bond donors (Lipinski definition) is 0. The van der Waals surface area contributed by atoms with Crippen LogP contribution in [0.2, 0.25) is 0 Å². The van der Waals surface area contributed by atoms with Crippen LogP contribution in [0.15, 0.2) is 48.7 Å². The molecule has 6 heteroatoms. The van der Waals surface area contributed by atoms with Gasteiger partial charge in [-0.2, -0.15) is 0 Å². The summed E-state index contributed by atoms with van der Waals surface area (Å²) in [5.74, 6) is 0.119. The van der Waals surface area contributed by atoms with E-state index in [9.17, 15) is 9.59 Å². The van der Waals surface area contributed by atoms with E-state index in [2.05, 4.69) is 16.0 Å². The maximum absolute atomic E-state index is 12.6. The number of carbonyl (C=O) groups is 2. The van der Waals surface area contributed by atoms with Crippen LogP contribution in [0.25, 0.3) is 0 Å². The molecule has 0 spiro atoms. The Kier molecular flexibility index (Phi) is 6.66. The van der Waals surface area contributed by atoms with E-state index in [0.717, 1.165) is 49.2 Å². The molecule has 3 heterocycles. The molecule has 0 radical (unpaired) electrons. The normalized spacial score (nSPS) is 22.4. The molecule has 4 rings (SSSR count). The molecule has 6 nitrogen and oxygen atoms in total. The number of aromatic nitrogens is 1. The van der Waals surface area contributed by atoms with Crippen molar-refractivity contribution in [2.24, 2.45) is 0 Å². The Morgan fingerprint density at radius 3 is 2.48 bits per heavy atom. The quantitative estimate of drug-likeness (QED) is 0.745. The number of pyridine rings is 1. The van der Waals surface area contributed by atoms with Crippen molar-refractivity contribution in [1.29, 1.82) is 0 Å². The first-order chi connectivity index (χ1) is 15.0. The van der Waals surface area contributed by atoms with Crippen molar-refractivity contribution in [3.63, 3.8) is 0 Å². The molecule has 0 aliphatic carbocycles. The van der Waals surface area contributed by atoms with E-state index >= 15 is 0 Å². The highest BCUT2D eigenvalue weighted by Crippen LogP contribution is 2.31. The zero-order valence-corrected chi connectivity index (χ0v) is 18.5. The maximum atomic E-state index is 12.6. The van der Waals surface area contributed by atoms with Crippen molar-refractivity contribution >= 4 is 17.5 Å². The predicted octanol–water partition coefficient (Wildman–Crippen LogP) is 3.61. The fourth-order valence-electron chi connectivity index (χ4n) is 5.06. The molecule has 2 amide bonds.